The molecular weight excluding hydrogens is 336 g/mol. The molecule has 0 amide bonds. The standard InChI is InChI=1S/C20H13ClN2O2/c21-13-5-1-12(2-6-13)18-16(10-22)20(23)25-17-8-4-11-3-7-14(24)9-15(11)19(17)18/h1-9,18,24H,23H2/t18-/m0/s1. The van der Waals surface area contributed by atoms with Crippen molar-refractivity contribution in [3.8, 4) is 17.6 Å². The number of ether oxygens (including phenoxy) is 1. The van der Waals surface area contributed by atoms with Crippen LogP contribution in [-0.2, 0) is 0 Å². The van der Waals surface area contributed by atoms with Gasteiger partial charge in [-0.1, -0.05) is 35.9 Å². The smallest absolute Gasteiger partial charge is 0.205 e. The first-order chi connectivity index (χ1) is 12.1. The number of nitrogens with zero attached hydrogens (tertiary/aromatic N) is 1. The Kier molecular flexibility index (Phi) is 3.52. The number of hydrogen-bond donors (Lipinski definition) is 2. The first-order valence-corrected chi connectivity index (χ1v) is 8.05. The van der Waals surface area contributed by atoms with Crippen LogP contribution < -0.4 is 10.5 Å². The van der Waals surface area contributed by atoms with E-state index in [1.54, 1.807) is 24.3 Å². The van der Waals surface area contributed by atoms with Gasteiger partial charge in [0.1, 0.15) is 23.1 Å². The lowest BCUT2D eigenvalue weighted by atomic mass is 9.81. The highest BCUT2D eigenvalue weighted by Gasteiger charge is 2.32. The molecule has 122 valence electrons. The highest BCUT2D eigenvalue weighted by molar-refractivity contribution is 6.30. The normalized spacial score (nSPS) is 16.2. The highest BCUT2D eigenvalue weighted by atomic mass is 35.5. The molecule has 0 bridgehead atoms. The van der Waals surface area contributed by atoms with Crippen molar-refractivity contribution in [2.75, 3.05) is 0 Å². The van der Waals surface area contributed by atoms with E-state index < -0.39 is 5.92 Å². The van der Waals surface area contributed by atoms with E-state index in [0.717, 1.165) is 21.9 Å². The number of fused-ring (bicyclic) bond motifs is 3. The molecule has 0 saturated heterocycles. The summed E-state index contributed by atoms with van der Waals surface area (Å²) in [5.41, 5.74) is 8.02. The van der Waals surface area contributed by atoms with Crippen LogP contribution in [0.4, 0.5) is 0 Å². The maximum Gasteiger partial charge on any atom is 0.205 e. The molecule has 1 heterocycles. The van der Waals surface area contributed by atoms with Crippen molar-refractivity contribution >= 4 is 22.4 Å². The van der Waals surface area contributed by atoms with Gasteiger partial charge in [0.2, 0.25) is 5.88 Å². The van der Waals surface area contributed by atoms with Crippen molar-refractivity contribution in [3.05, 3.63) is 82.2 Å². The number of phenolic OH excluding ortho intramolecular Hbond substituents is 1. The summed E-state index contributed by atoms with van der Waals surface area (Å²) in [5.74, 6) is 0.428. The lowest BCUT2D eigenvalue weighted by molar-refractivity contribution is 0.395. The van der Waals surface area contributed by atoms with Crippen LogP contribution in [0.2, 0.25) is 5.02 Å². The summed E-state index contributed by atoms with van der Waals surface area (Å²) in [5, 5.41) is 22.0. The zero-order valence-electron chi connectivity index (χ0n) is 13.0. The number of nitriles is 1. The van der Waals surface area contributed by atoms with Gasteiger partial charge >= 0.3 is 0 Å². The maximum atomic E-state index is 9.94. The minimum Gasteiger partial charge on any atom is -0.508 e. The fourth-order valence-electron chi connectivity index (χ4n) is 3.27. The number of halogens is 1. The van der Waals surface area contributed by atoms with Gasteiger partial charge in [0, 0.05) is 10.6 Å². The summed E-state index contributed by atoms with van der Waals surface area (Å²) < 4.78 is 5.69. The number of phenols is 1. The maximum absolute atomic E-state index is 9.94. The van der Waals surface area contributed by atoms with Crippen molar-refractivity contribution in [2.45, 2.75) is 5.92 Å². The SMILES string of the molecule is N#CC1=C(N)Oc2ccc3ccc(O)cc3c2[C@H]1c1ccc(Cl)cc1. The summed E-state index contributed by atoms with van der Waals surface area (Å²) in [6.07, 6.45) is 0. The highest BCUT2D eigenvalue weighted by Crippen LogP contribution is 2.46. The van der Waals surface area contributed by atoms with Crippen molar-refractivity contribution in [1.29, 1.82) is 5.26 Å². The summed E-state index contributed by atoms with van der Waals surface area (Å²) in [6, 6.07) is 18.3. The van der Waals surface area contributed by atoms with Gasteiger partial charge in [-0.15, -0.1) is 0 Å². The van der Waals surface area contributed by atoms with Crippen molar-refractivity contribution in [3.63, 3.8) is 0 Å². The number of rotatable bonds is 1. The quantitative estimate of drug-likeness (QED) is 0.682. The Bertz CT molecular complexity index is 1070. The van der Waals surface area contributed by atoms with E-state index >= 15 is 0 Å². The molecule has 1 aliphatic heterocycles. The molecule has 0 unspecified atom stereocenters. The summed E-state index contributed by atoms with van der Waals surface area (Å²) in [6.45, 7) is 0. The molecule has 4 rings (SSSR count). The van der Waals surface area contributed by atoms with Crippen molar-refractivity contribution in [1.82, 2.24) is 0 Å². The van der Waals surface area contributed by atoms with Gasteiger partial charge in [-0.05, 0) is 46.7 Å². The third-order valence-electron chi connectivity index (χ3n) is 4.39. The van der Waals surface area contributed by atoms with Gasteiger partial charge in [-0.2, -0.15) is 5.26 Å². The van der Waals surface area contributed by atoms with Crippen LogP contribution in [0.3, 0.4) is 0 Å². The molecule has 25 heavy (non-hydrogen) atoms. The molecule has 3 aromatic carbocycles. The molecule has 1 aliphatic rings. The molecule has 3 N–H and O–H groups in total. The molecule has 0 radical (unpaired) electrons. The van der Waals surface area contributed by atoms with E-state index in [1.165, 1.54) is 0 Å². The second-order valence-corrected chi connectivity index (χ2v) is 6.30. The lowest BCUT2D eigenvalue weighted by Gasteiger charge is -2.28. The molecule has 0 aliphatic carbocycles. The number of aromatic hydroxyl groups is 1. The fraction of sp³-hybridized carbons (Fsp3) is 0.0500. The largest absolute Gasteiger partial charge is 0.508 e. The molecule has 1 atom stereocenters. The minimum absolute atomic E-state index is 0.0921. The first-order valence-electron chi connectivity index (χ1n) is 7.67. The van der Waals surface area contributed by atoms with Crippen molar-refractivity contribution in [2.24, 2.45) is 5.73 Å². The van der Waals surface area contributed by atoms with Crippen LogP contribution in [0.5, 0.6) is 11.5 Å². The Balaban J connectivity index is 2.06. The third kappa shape index (κ3) is 2.46. The van der Waals surface area contributed by atoms with Crippen LogP contribution in [0.15, 0.2) is 66.1 Å². The van der Waals surface area contributed by atoms with Crippen LogP contribution >= 0.6 is 11.6 Å². The van der Waals surface area contributed by atoms with E-state index in [-0.39, 0.29) is 11.6 Å². The average molecular weight is 349 g/mol. The number of hydrogen-bond acceptors (Lipinski definition) is 4. The van der Waals surface area contributed by atoms with E-state index in [0.29, 0.717) is 16.3 Å². The second kappa shape index (κ2) is 5.73. The Morgan fingerprint density at radius 1 is 1.08 bits per heavy atom. The number of nitrogens with two attached hydrogens (primary N) is 1. The Hall–Kier alpha value is -3.16. The summed E-state index contributed by atoms with van der Waals surface area (Å²) in [4.78, 5) is 0. The average Bonchev–Trinajstić information content (AvgIpc) is 2.61. The predicted molar refractivity (Wildman–Crippen MR) is 96.4 cm³/mol. The van der Waals surface area contributed by atoms with Gasteiger partial charge in [-0.3, -0.25) is 0 Å². The Morgan fingerprint density at radius 2 is 1.80 bits per heavy atom. The van der Waals surface area contributed by atoms with Crippen molar-refractivity contribution < 1.29 is 9.84 Å². The van der Waals surface area contributed by atoms with Gasteiger partial charge in [0.05, 0.1) is 5.92 Å². The third-order valence-corrected chi connectivity index (χ3v) is 4.65. The van der Waals surface area contributed by atoms with E-state index in [2.05, 4.69) is 6.07 Å². The van der Waals surface area contributed by atoms with E-state index in [4.69, 9.17) is 22.1 Å². The molecule has 4 nitrogen and oxygen atoms in total. The zero-order valence-corrected chi connectivity index (χ0v) is 13.8. The topological polar surface area (TPSA) is 79.3 Å². The Morgan fingerprint density at radius 3 is 2.52 bits per heavy atom. The van der Waals surface area contributed by atoms with Gasteiger partial charge in [0.15, 0.2) is 0 Å². The number of benzene rings is 3. The monoisotopic (exact) mass is 348 g/mol. The minimum atomic E-state index is -0.392. The molecule has 0 fully saturated rings. The lowest BCUT2D eigenvalue weighted by Crippen LogP contribution is -2.21. The van der Waals surface area contributed by atoms with Gasteiger partial charge in [0.25, 0.3) is 0 Å². The molecule has 0 aromatic heterocycles. The zero-order chi connectivity index (χ0) is 17.6. The van der Waals surface area contributed by atoms with Crippen LogP contribution in [-0.4, -0.2) is 5.11 Å². The predicted octanol–water partition coefficient (Wildman–Crippen LogP) is 4.42. The molecule has 5 heteroatoms. The Labute approximate surface area is 149 Å². The van der Waals surface area contributed by atoms with Crippen LogP contribution in [0.25, 0.3) is 10.8 Å². The molecular formula is C20H13ClN2O2. The summed E-state index contributed by atoms with van der Waals surface area (Å²) >= 11 is 6.01. The van der Waals surface area contributed by atoms with Gasteiger partial charge < -0.3 is 15.6 Å². The van der Waals surface area contributed by atoms with E-state index in [9.17, 15) is 10.4 Å². The molecule has 0 spiro atoms. The molecule has 0 saturated carbocycles. The van der Waals surface area contributed by atoms with Crippen LogP contribution in [0.1, 0.15) is 17.0 Å². The fourth-order valence-corrected chi connectivity index (χ4v) is 3.39. The van der Waals surface area contributed by atoms with Gasteiger partial charge in [-0.25, -0.2) is 0 Å². The second-order valence-electron chi connectivity index (χ2n) is 5.86. The molecule has 3 aromatic rings. The van der Waals surface area contributed by atoms with Crippen LogP contribution in [0, 0.1) is 11.3 Å². The van der Waals surface area contributed by atoms with E-state index in [1.807, 2.05) is 30.3 Å². The first kappa shape index (κ1) is 15.4. The number of allylic oxidation sites excluding steroid dienone is 1. The summed E-state index contributed by atoms with van der Waals surface area (Å²) in [7, 11) is 0.